The maximum absolute atomic E-state index is 11.4. The quantitative estimate of drug-likeness (QED) is 0.780. The van der Waals surface area contributed by atoms with Gasteiger partial charge >= 0.3 is 0 Å². The van der Waals surface area contributed by atoms with E-state index in [0.717, 1.165) is 5.69 Å². The molecule has 0 aromatic carbocycles. The molecule has 0 aliphatic heterocycles. The number of amides is 1. The lowest BCUT2D eigenvalue weighted by molar-refractivity contribution is -0.124. The van der Waals surface area contributed by atoms with Gasteiger partial charge in [-0.25, -0.2) is 0 Å². The molecule has 1 unspecified atom stereocenters. The Hall–Kier alpha value is -1.62. The Morgan fingerprint density at radius 2 is 2.35 bits per heavy atom. The van der Waals surface area contributed by atoms with E-state index in [-0.39, 0.29) is 11.8 Å². The zero-order valence-corrected chi connectivity index (χ0v) is 10.6. The number of anilines is 1. The number of carbonyl (C=O) groups is 1. The van der Waals surface area contributed by atoms with Crippen molar-refractivity contribution in [2.24, 2.45) is 5.92 Å². The fourth-order valence-electron chi connectivity index (χ4n) is 1.72. The fraction of sp³-hybridized carbons (Fsp3) is 0.500. The molecular weight excluding hydrogens is 216 g/mol. The van der Waals surface area contributed by atoms with E-state index in [1.165, 1.54) is 0 Å². The van der Waals surface area contributed by atoms with Crippen molar-refractivity contribution < 1.29 is 4.79 Å². The average Bonchev–Trinajstić information content (AvgIpc) is 2.27. The average molecular weight is 236 g/mol. The number of nitrogens with two attached hydrogens (primary N) is 1. The lowest BCUT2D eigenvalue weighted by Gasteiger charge is -2.20. The molecular formula is C12H20N4O. The first-order valence-corrected chi connectivity index (χ1v) is 5.63. The maximum atomic E-state index is 11.4. The number of aromatic nitrogens is 1. The maximum Gasteiger partial charge on any atom is 0.223 e. The van der Waals surface area contributed by atoms with Gasteiger partial charge in [0, 0.05) is 37.9 Å². The predicted molar refractivity (Wildman–Crippen MR) is 68.2 cm³/mol. The molecule has 0 saturated carbocycles. The Kier molecular flexibility index (Phi) is 4.90. The van der Waals surface area contributed by atoms with Crippen LogP contribution in [0.1, 0.15) is 12.6 Å². The monoisotopic (exact) mass is 236 g/mol. The van der Waals surface area contributed by atoms with Crippen LogP contribution in [0.2, 0.25) is 0 Å². The van der Waals surface area contributed by atoms with Crippen LogP contribution in [-0.4, -0.2) is 36.4 Å². The second-order valence-electron chi connectivity index (χ2n) is 4.29. The Bertz CT molecular complexity index is 381. The fourth-order valence-corrected chi connectivity index (χ4v) is 1.72. The summed E-state index contributed by atoms with van der Waals surface area (Å²) in [6, 6.07) is 3.61. The first kappa shape index (κ1) is 13.4. The highest BCUT2D eigenvalue weighted by Crippen LogP contribution is 2.07. The van der Waals surface area contributed by atoms with Gasteiger partial charge in [-0.05, 0) is 19.2 Å². The summed E-state index contributed by atoms with van der Waals surface area (Å²) in [5.41, 5.74) is 7.31. The van der Waals surface area contributed by atoms with Crippen LogP contribution in [-0.2, 0) is 11.3 Å². The van der Waals surface area contributed by atoms with Gasteiger partial charge in [-0.15, -0.1) is 0 Å². The first-order valence-electron chi connectivity index (χ1n) is 5.63. The van der Waals surface area contributed by atoms with Gasteiger partial charge in [-0.1, -0.05) is 6.92 Å². The van der Waals surface area contributed by atoms with Crippen molar-refractivity contribution >= 4 is 11.6 Å². The molecule has 1 atom stereocenters. The van der Waals surface area contributed by atoms with Gasteiger partial charge < -0.3 is 11.1 Å². The molecule has 1 aromatic heterocycles. The minimum absolute atomic E-state index is 0.0361. The summed E-state index contributed by atoms with van der Waals surface area (Å²) < 4.78 is 0. The molecule has 1 amide bonds. The number of hydrogen-bond acceptors (Lipinski definition) is 4. The van der Waals surface area contributed by atoms with Crippen LogP contribution in [0.15, 0.2) is 18.3 Å². The number of rotatable bonds is 5. The smallest absolute Gasteiger partial charge is 0.223 e. The number of pyridine rings is 1. The van der Waals surface area contributed by atoms with Crippen molar-refractivity contribution in [3.63, 3.8) is 0 Å². The van der Waals surface area contributed by atoms with Gasteiger partial charge in [0.1, 0.15) is 0 Å². The highest BCUT2D eigenvalue weighted by molar-refractivity contribution is 5.78. The second kappa shape index (κ2) is 6.20. The van der Waals surface area contributed by atoms with Crippen molar-refractivity contribution in [2.45, 2.75) is 13.5 Å². The number of nitrogens with one attached hydrogen (secondary N) is 1. The molecule has 0 aliphatic carbocycles. The molecule has 1 rings (SSSR count). The van der Waals surface area contributed by atoms with E-state index in [1.54, 1.807) is 19.3 Å². The highest BCUT2D eigenvalue weighted by atomic mass is 16.1. The zero-order valence-electron chi connectivity index (χ0n) is 10.6. The van der Waals surface area contributed by atoms with Crippen molar-refractivity contribution in [3.05, 3.63) is 24.0 Å². The third-order valence-electron chi connectivity index (χ3n) is 2.55. The lowest BCUT2D eigenvalue weighted by Crippen LogP contribution is -2.34. The summed E-state index contributed by atoms with van der Waals surface area (Å²) in [6.45, 7) is 3.28. The molecule has 1 heterocycles. The molecule has 5 nitrogen and oxygen atoms in total. The molecule has 3 N–H and O–H groups in total. The lowest BCUT2D eigenvalue weighted by atomic mass is 10.1. The van der Waals surface area contributed by atoms with Crippen molar-refractivity contribution in [3.8, 4) is 0 Å². The summed E-state index contributed by atoms with van der Waals surface area (Å²) in [4.78, 5) is 17.7. The standard InChI is InChI=1S/C12H20N4O/c1-9(12(17)14-2)7-16(3)8-11-6-10(13)4-5-15-11/h4-6,9H,7-8H2,1-3H3,(H2,13,15)(H,14,17). The Labute approximate surface area is 102 Å². The number of hydrogen-bond donors (Lipinski definition) is 2. The molecule has 1 aromatic rings. The van der Waals surface area contributed by atoms with E-state index in [9.17, 15) is 4.79 Å². The van der Waals surface area contributed by atoms with Gasteiger partial charge in [0.15, 0.2) is 0 Å². The molecule has 5 heteroatoms. The van der Waals surface area contributed by atoms with Crippen LogP contribution in [0.3, 0.4) is 0 Å². The summed E-state index contributed by atoms with van der Waals surface area (Å²) in [5, 5.41) is 2.64. The summed E-state index contributed by atoms with van der Waals surface area (Å²) in [5.74, 6) is 0.0171. The number of carbonyl (C=O) groups excluding carboxylic acids is 1. The largest absolute Gasteiger partial charge is 0.399 e. The van der Waals surface area contributed by atoms with Crippen molar-refractivity contribution in [2.75, 3.05) is 26.4 Å². The van der Waals surface area contributed by atoms with E-state index in [0.29, 0.717) is 18.8 Å². The number of nitrogens with zero attached hydrogens (tertiary/aromatic N) is 2. The van der Waals surface area contributed by atoms with Crippen LogP contribution in [0.5, 0.6) is 0 Å². The molecule has 0 saturated heterocycles. The zero-order chi connectivity index (χ0) is 12.8. The minimum Gasteiger partial charge on any atom is -0.399 e. The van der Waals surface area contributed by atoms with Crippen LogP contribution < -0.4 is 11.1 Å². The summed E-state index contributed by atoms with van der Waals surface area (Å²) in [6.07, 6.45) is 1.70. The Balaban J connectivity index is 2.49. The van der Waals surface area contributed by atoms with Crippen LogP contribution in [0.25, 0.3) is 0 Å². The molecule has 94 valence electrons. The molecule has 17 heavy (non-hydrogen) atoms. The minimum atomic E-state index is -0.0361. The van der Waals surface area contributed by atoms with Gasteiger partial charge in [-0.3, -0.25) is 14.7 Å². The Morgan fingerprint density at radius 3 is 2.94 bits per heavy atom. The van der Waals surface area contributed by atoms with Gasteiger partial charge in [0.25, 0.3) is 0 Å². The molecule has 0 spiro atoms. The van der Waals surface area contributed by atoms with E-state index in [1.807, 2.05) is 20.0 Å². The van der Waals surface area contributed by atoms with Crippen LogP contribution >= 0.6 is 0 Å². The molecule has 0 fully saturated rings. The third kappa shape index (κ3) is 4.40. The number of nitrogen functional groups attached to an aromatic ring is 1. The molecule has 0 bridgehead atoms. The van der Waals surface area contributed by atoms with Gasteiger partial charge in [0.05, 0.1) is 5.69 Å². The van der Waals surface area contributed by atoms with Gasteiger partial charge in [0.2, 0.25) is 5.91 Å². The van der Waals surface area contributed by atoms with E-state index in [4.69, 9.17) is 5.73 Å². The van der Waals surface area contributed by atoms with Crippen molar-refractivity contribution in [1.82, 2.24) is 15.2 Å². The first-order chi connectivity index (χ1) is 8.02. The predicted octanol–water partition coefficient (Wildman–Crippen LogP) is 0.478. The topological polar surface area (TPSA) is 71.2 Å². The van der Waals surface area contributed by atoms with Crippen LogP contribution in [0.4, 0.5) is 5.69 Å². The van der Waals surface area contributed by atoms with Crippen LogP contribution in [0, 0.1) is 5.92 Å². The van der Waals surface area contributed by atoms with E-state index >= 15 is 0 Å². The highest BCUT2D eigenvalue weighted by Gasteiger charge is 2.13. The van der Waals surface area contributed by atoms with E-state index < -0.39 is 0 Å². The second-order valence-corrected chi connectivity index (χ2v) is 4.29. The van der Waals surface area contributed by atoms with Gasteiger partial charge in [-0.2, -0.15) is 0 Å². The molecule has 0 radical (unpaired) electrons. The normalized spacial score (nSPS) is 12.5. The summed E-state index contributed by atoms with van der Waals surface area (Å²) >= 11 is 0. The third-order valence-corrected chi connectivity index (χ3v) is 2.55. The van der Waals surface area contributed by atoms with Crippen molar-refractivity contribution in [1.29, 1.82) is 0 Å². The van der Waals surface area contributed by atoms with E-state index in [2.05, 4.69) is 15.2 Å². The summed E-state index contributed by atoms with van der Waals surface area (Å²) in [7, 11) is 3.61. The Morgan fingerprint density at radius 1 is 1.65 bits per heavy atom. The molecule has 0 aliphatic rings. The SMILES string of the molecule is CNC(=O)C(C)CN(C)Cc1cc(N)ccn1.